The molecular formula is C16H19N3O2. The minimum absolute atomic E-state index is 0.0263. The van der Waals surface area contributed by atoms with Crippen molar-refractivity contribution in [3.8, 4) is 0 Å². The summed E-state index contributed by atoms with van der Waals surface area (Å²) in [7, 11) is 0. The molecule has 2 aromatic rings. The maximum absolute atomic E-state index is 11.8. The van der Waals surface area contributed by atoms with E-state index >= 15 is 0 Å². The van der Waals surface area contributed by atoms with Gasteiger partial charge in [0.15, 0.2) is 0 Å². The SMILES string of the molecule is CCOC(=O)c1cccc(NC(C)c2cccnc2)c1N. The second kappa shape index (κ2) is 6.74. The molecule has 0 spiro atoms. The predicted molar refractivity (Wildman–Crippen MR) is 83.1 cm³/mol. The average molecular weight is 285 g/mol. The highest BCUT2D eigenvalue weighted by Gasteiger charge is 2.15. The molecule has 3 N–H and O–H groups in total. The third kappa shape index (κ3) is 3.51. The lowest BCUT2D eigenvalue weighted by Crippen LogP contribution is -2.12. The van der Waals surface area contributed by atoms with Gasteiger partial charge >= 0.3 is 5.97 Å². The molecule has 0 saturated carbocycles. The van der Waals surface area contributed by atoms with E-state index in [1.54, 1.807) is 31.5 Å². The van der Waals surface area contributed by atoms with E-state index < -0.39 is 5.97 Å². The number of benzene rings is 1. The lowest BCUT2D eigenvalue weighted by molar-refractivity contribution is 0.0527. The van der Waals surface area contributed by atoms with Gasteiger partial charge in [0.2, 0.25) is 0 Å². The number of rotatable bonds is 5. The van der Waals surface area contributed by atoms with Crippen LogP contribution in [0.25, 0.3) is 0 Å². The number of pyridine rings is 1. The zero-order valence-corrected chi connectivity index (χ0v) is 12.2. The van der Waals surface area contributed by atoms with Gasteiger partial charge in [-0.25, -0.2) is 4.79 Å². The van der Waals surface area contributed by atoms with Crippen molar-refractivity contribution >= 4 is 17.3 Å². The van der Waals surface area contributed by atoms with Crippen LogP contribution in [0, 0.1) is 0 Å². The van der Waals surface area contributed by atoms with Crippen LogP contribution >= 0.6 is 0 Å². The Labute approximate surface area is 124 Å². The molecule has 2 rings (SSSR count). The third-order valence-electron chi connectivity index (χ3n) is 3.16. The van der Waals surface area contributed by atoms with Crippen molar-refractivity contribution in [1.29, 1.82) is 0 Å². The van der Waals surface area contributed by atoms with E-state index in [-0.39, 0.29) is 6.04 Å². The normalized spacial score (nSPS) is 11.7. The van der Waals surface area contributed by atoms with Crippen molar-refractivity contribution in [2.24, 2.45) is 0 Å². The predicted octanol–water partition coefficient (Wildman–Crippen LogP) is 3.01. The molecule has 1 unspecified atom stereocenters. The lowest BCUT2D eigenvalue weighted by atomic mass is 10.1. The minimum Gasteiger partial charge on any atom is -0.462 e. The van der Waals surface area contributed by atoms with Crippen LogP contribution in [0.5, 0.6) is 0 Å². The van der Waals surface area contributed by atoms with E-state index in [1.807, 2.05) is 25.1 Å². The van der Waals surface area contributed by atoms with Gasteiger partial charge in [-0.2, -0.15) is 0 Å². The Bertz CT molecular complexity index is 614. The molecule has 5 heteroatoms. The molecule has 110 valence electrons. The number of hydrogen-bond donors (Lipinski definition) is 2. The van der Waals surface area contributed by atoms with Gasteiger partial charge in [-0.05, 0) is 37.6 Å². The summed E-state index contributed by atoms with van der Waals surface area (Å²) in [6.45, 7) is 4.09. The van der Waals surface area contributed by atoms with E-state index in [0.29, 0.717) is 23.5 Å². The first-order valence-corrected chi connectivity index (χ1v) is 6.85. The van der Waals surface area contributed by atoms with Crippen LogP contribution < -0.4 is 11.1 Å². The molecule has 0 radical (unpaired) electrons. The van der Waals surface area contributed by atoms with Crippen molar-refractivity contribution < 1.29 is 9.53 Å². The van der Waals surface area contributed by atoms with Gasteiger partial charge in [0.25, 0.3) is 0 Å². The van der Waals surface area contributed by atoms with Crippen LogP contribution in [-0.4, -0.2) is 17.6 Å². The number of anilines is 2. The number of carbonyl (C=O) groups is 1. The second-order valence-electron chi connectivity index (χ2n) is 4.64. The van der Waals surface area contributed by atoms with Crippen LogP contribution in [-0.2, 0) is 4.74 Å². The Kier molecular flexibility index (Phi) is 4.77. The summed E-state index contributed by atoms with van der Waals surface area (Å²) in [5.74, 6) is -0.410. The van der Waals surface area contributed by atoms with Crippen LogP contribution in [0.15, 0.2) is 42.7 Å². The first-order chi connectivity index (χ1) is 10.1. The number of hydrogen-bond acceptors (Lipinski definition) is 5. The number of nitrogens with two attached hydrogens (primary N) is 1. The molecular weight excluding hydrogens is 266 g/mol. The van der Waals surface area contributed by atoms with Gasteiger partial charge in [-0.1, -0.05) is 12.1 Å². The lowest BCUT2D eigenvalue weighted by Gasteiger charge is -2.18. The summed E-state index contributed by atoms with van der Waals surface area (Å²) in [5, 5.41) is 3.29. The first-order valence-electron chi connectivity index (χ1n) is 6.85. The van der Waals surface area contributed by atoms with Crippen LogP contribution in [0.1, 0.15) is 35.8 Å². The Morgan fingerprint density at radius 1 is 1.38 bits per heavy atom. The van der Waals surface area contributed by atoms with Gasteiger partial charge < -0.3 is 15.8 Å². The number of aromatic nitrogens is 1. The zero-order valence-electron chi connectivity index (χ0n) is 12.2. The number of ether oxygens (including phenoxy) is 1. The van der Waals surface area contributed by atoms with Crippen LogP contribution in [0.4, 0.5) is 11.4 Å². The van der Waals surface area contributed by atoms with E-state index in [1.165, 1.54) is 0 Å². The van der Waals surface area contributed by atoms with Gasteiger partial charge in [-0.15, -0.1) is 0 Å². The molecule has 0 amide bonds. The molecule has 0 aliphatic rings. The van der Waals surface area contributed by atoms with E-state index in [2.05, 4.69) is 10.3 Å². The molecule has 0 aliphatic carbocycles. The smallest absolute Gasteiger partial charge is 0.340 e. The fourth-order valence-electron chi connectivity index (χ4n) is 2.03. The molecule has 1 aromatic carbocycles. The van der Waals surface area contributed by atoms with Gasteiger partial charge in [0, 0.05) is 12.4 Å². The highest BCUT2D eigenvalue weighted by Crippen LogP contribution is 2.27. The van der Waals surface area contributed by atoms with E-state index in [0.717, 1.165) is 5.56 Å². The van der Waals surface area contributed by atoms with Crippen molar-refractivity contribution in [3.63, 3.8) is 0 Å². The Hall–Kier alpha value is -2.56. The summed E-state index contributed by atoms with van der Waals surface area (Å²) in [4.78, 5) is 15.9. The number of nitrogens with one attached hydrogen (secondary N) is 1. The molecule has 0 bridgehead atoms. The average Bonchev–Trinajstić information content (AvgIpc) is 2.50. The van der Waals surface area contributed by atoms with Crippen LogP contribution in [0.3, 0.4) is 0 Å². The maximum Gasteiger partial charge on any atom is 0.340 e. The molecule has 5 nitrogen and oxygen atoms in total. The Balaban J connectivity index is 2.21. The third-order valence-corrected chi connectivity index (χ3v) is 3.16. The fourth-order valence-corrected chi connectivity index (χ4v) is 2.03. The van der Waals surface area contributed by atoms with Crippen molar-refractivity contribution in [2.45, 2.75) is 19.9 Å². The largest absolute Gasteiger partial charge is 0.462 e. The number of nitrogens with zero attached hydrogens (tertiary/aromatic N) is 1. The number of nitrogen functional groups attached to an aromatic ring is 1. The number of esters is 1. The summed E-state index contributed by atoms with van der Waals surface area (Å²) < 4.78 is 5.00. The molecule has 1 aromatic heterocycles. The summed E-state index contributed by atoms with van der Waals surface area (Å²) in [6.07, 6.45) is 3.52. The number of carbonyl (C=O) groups excluding carboxylic acids is 1. The quantitative estimate of drug-likeness (QED) is 0.652. The van der Waals surface area contributed by atoms with Crippen LogP contribution in [0.2, 0.25) is 0 Å². The Morgan fingerprint density at radius 2 is 2.19 bits per heavy atom. The van der Waals surface area contributed by atoms with E-state index in [4.69, 9.17) is 10.5 Å². The summed E-state index contributed by atoms with van der Waals surface area (Å²) in [5.41, 5.74) is 8.58. The summed E-state index contributed by atoms with van der Waals surface area (Å²) >= 11 is 0. The van der Waals surface area contributed by atoms with Crippen molar-refractivity contribution in [2.75, 3.05) is 17.7 Å². The highest BCUT2D eigenvalue weighted by molar-refractivity contribution is 5.98. The molecule has 1 atom stereocenters. The van der Waals surface area contributed by atoms with Crippen molar-refractivity contribution in [3.05, 3.63) is 53.9 Å². The molecule has 0 fully saturated rings. The van der Waals surface area contributed by atoms with Crippen molar-refractivity contribution in [1.82, 2.24) is 4.98 Å². The molecule has 21 heavy (non-hydrogen) atoms. The molecule has 1 heterocycles. The number of para-hydroxylation sites is 1. The van der Waals surface area contributed by atoms with Gasteiger partial charge in [0.1, 0.15) is 0 Å². The highest BCUT2D eigenvalue weighted by atomic mass is 16.5. The molecule has 0 saturated heterocycles. The summed E-state index contributed by atoms with van der Waals surface area (Å²) in [6, 6.07) is 9.17. The standard InChI is InChI=1S/C16H19N3O2/c1-3-21-16(20)13-7-4-8-14(15(13)17)19-11(2)12-6-5-9-18-10-12/h4-11,19H,3,17H2,1-2H3. The molecule has 0 aliphatic heterocycles. The second-order valence-corrected chi connectivity index (χ2v) is 4.64. The minimum atomic E-state index is -0.410. The zero-order chi connectivity index (χ0) is 15.2. The topological polar surface area (TPSA) is 77.2 Å². The Morgan fingerprint density at radius 3 is 2.86 bits per heavy atom. The van der Waals surface area contributed by atoms with Gasteiger partial charge in [-0.3, -0.25) is 4.98 Å². The van der Waals surface area contributed by atoms with E-state index in [9.17, 15) is 4.79 Å². The maximum atomic E-state index is 11.8. The first kappa shape index (κ1) is 14.8. The fraction of sp³-hybridized carbons (Fsp3) is 0.250. The monoisotopic (exact) mass is 285 g/mol. The van der Waals surface area contributed by atoms with Gasteiger partial charge in [0.05, 0.1) is 29.6 Å².